The van der Waals surface area contributed by atoms with Crippen molar-refractivity contribution in [1.82, 2.24) is 15.1 Å². The van der Waals surface area contributed by atoms with Crippen molar-refractivity contribution < 1.29 is 8.78 Å². The van der Waals surface area contributed by atoms with Gasteiger partial charge in [0, 0.05) is 44.4 Å². The number of hydrogen-bond acceptors (Lipinski definition) is 3. The average Bonchev–Trinajstić information content (AvgIpc) is 2.34. The van der Waals surface area contributed by atoms with Gasteiger partial charge in [-0.2, -0.15) is 0 Å². The quantitative estimate of drug-likeness (QED) is 0.874. The van der Waals surface area contributed by atoms with Gasteiger partial charge in [0.2, 0.25) is 0 Å². The summed E-state index contributed by atoms with van der Waals surface area (Å²) in [5.74, 6) is -0.997. The zero-order valence-corrected chi connectivity index (χ0v) is 10.6. The molecule has 3 nitrogen and oxygen atoms in total. The summed E-state index contributed by atoms with van der Waals surface area (Å²) in [6.07, 6.45) is 0. The fourth-order valence-corrected chi connectivity index (χ4v) is 2.18. The Labute approximate surface area is 106 Å². The van der Waals surface area contributed by atoms with Crippen molar-refractivity contribution >= 4 is 0 Å². The number of halogens is 2. The maximum absolute atomic E-state index is 13.5. The van der Waals surface area contributed by atoms with E-state index in [1.807, 2.05) is 11.9 Å². The predicted molar refractivity (Wildman–Crippen MR) is 67.1 cm³/mol. The van der Waals surface area contributed by atoms with Gasteiger partial charge in [-0.15, -0.1) is 0 Å². The molecule has 1 aromatic carbocycles. The summed E-state index contributed by atoms with van der Waals surface area (Å²) in [6.45, 7) is 5.32. The van der Waals surface area contributed by atoms with Crippen molar-refractivity contribution in [3.63, 3.8) is 0 Å². The van der Waals surface area contributed by atoms with Crippen LogP contribution in [0.4, 0.5) is 8.78 Å². The molecule has 1 saturated heterocycles. The van der Waals surface area contributed by atoms with Crippen molar-refractivity contribution in [2.45, 2.75) is 6.54 Å². The van der Waals surface area contributed by atoms with E-state index in [2.05, 4.69) is 10.2 Å². The van der Waals surface area contributed by atoms with Gasteiger partial charge in [0.05, 0.1) is 6.67 Å². The fourth-order valence-electron chi connectivity index (χ4n) is 2.18. The molecule has 1 aromatic rings. The molecular formula is C13H19F2N3. The van der Waals surface area contributed by atoms with Crippen LogP contribution < -0.4 is 5.32 Å². The van der Waals surface area contributed by atoms with E-state index in [-0.39, 0.29) is 0 Å². The summed E-state index contributed by atoms with van der Waals surface area (Å²) < 4.78 is 26.3. The van der Waals surface area contributed by atoms with Crippen molar-refractivity contribution in [2.24, 2.45) is 0 Å². The van der Waals surface area contributed by atoms with Crippen molar-refractivity contribution in [3.05, 3.63) is 35.4 Å². The molecule has 0 spiro atoms. The third-order valence-corrected chi connectivity index (χ3v) is 3.11. The van der Waals surface area contributed by atoms with E-state index in [0.717, 1.165) is 38.9 Å². The van der Waals surface area contributed by atoms with Crippen LogP contribution in [0.5, 0.6) is 0 Å². The minimum Gasteiger partial charge on any atom is -0.314 e. The standard InChI is InChI=1S/C13H19F2N3/c1-17(10-18-6-4-16-5-7-18)9-11-2-3-12(14)8-13(11)15/h2-3,8,16H,4-7,9-10H2,1H3. The highest BCUT2D eigenvalue weighted by molar-refractivity contribution is 5.18. The summed E-state index contributed by atoms with van der Waals surface area (Å²) >= 11 is 0. The number of benzene rings is 1. The summed E-state index contributed by atoms with van der Waals surface area (Å²) in [6, 6.07) is 3.75. The van der Waals surface area contributed by atoms with E-state index in [0.29, 0.717) is 12.1 Å². The molecule has 2 rings (SSSR count). The van der Waals surface area contributed by atoms with E-state index in [1.165, 1.54) is 12.1 Å². The van der Waals surface area contributed by atoms with Gasteiger partial charge >= 0.3 is 0 Å². The minimum atomic E-state index is -0.527. The summed E-state index contributed by atoms with van der Waals surface area (Å²) in [5.41, 5.74) is 0.536. The molecule has 0 unspecified atom stereocenters. The van der Waals surface area contributed by atoms with E-state index in [9.17, 15) is 8.78 Å². The SMILES string of the molecule is CN(Cc1ccc(F)cc1F)CN1CCNCC1. The predicted octanol–water partition coefficient (Wildman–Crippen LogP) is 1.26. The van der Waals surface area contributed by atoms with Crippen LogP contribution >= 0.6 is 0 Å². The molecule has 100 valence electrons. The van der Waals surface area contributed by atoms with Gasteiger partial charge < -0.3 is 5.32 Å². The molecule has 1 aliphatic rings. The van der Waals surface area contributed by atoms with Gasteiger partial charge in [-0.1, -0.05) is 6.07 Å². The van der Waals surface area contributed by atoms with Crippen LogP contribution in [0.1, 0.15) is 5.56 Å². The topological polar surface area (TPSA) is 18.5 Å². The lowest BCUT2D eigenvalue weighted by Crippen LogP contribution is -2.47. The van der Waals surface area contributed by atoms with Gasteiger partial charge in [0.25, 0.3) is 0 Å². The Morgan fingerprint density at radius 2 is 2.00 bits per heavy atom. The molecule has 0 bridgehead atoms. The summed E-state index contributed by atoms with van der Waals surface area (Å²) in [4.78, 5) is 4.36. The normalized spacial score (nSPS) is 17.3. The average molecular weight is 255 g/mol. The molecule has 0 amide bonds. The zero-order valence-electron chi connectivity index (χ0n) is 10.6. The fraction of sp³-hybridized carbons (Fsp3) is 0.538. The highest BCUT2D eigenvalue weighted by atomic mass is 19.1. The molecule has 0 saturated carbocycles. The number of hydrogen-bond donors (Lipinski definition) is 1. The van der Waals surface area contributed by atoms with E-state index in [4.69, 9.17) is 0 Å². The second-order valence-corrected chi connectivity index (χ2v) is 4.76. The van der Waals surface area contributed by atoms with Crippen LogP contribution in [0.15, 0.2) is 18.2 Å². The molecule has 0 atom stereocenters. The molecule has 1 heterocycles. The van der Waals surface area contributed by atoms with Crippen LogP contribution in [0, 0.1) is 11.6 Å². The Hall–Kier alpha value is -1.04. The molecule has 0 aliphatic carbocycles. The van der Waals surface area contributed by atoms with Crippen LogP contribution in [-0.2, 0) is 6.54 Å². The number of nitrogens with zero attached hydrogens (tertiary/aromatic N) is 2. The molecule has 1 N–H and O–H groups in total. The number of rotatable bonds is 4. The van der Waals surface area contributed by atoms with Crippen molar-refractivity contribution in [3.8, 4) is 0 Å². The summed E-state index contributed by atoms with van der Waals surface area (Å²) in [5, 5.41) is 3.29. The highest BCUT2D eigenvalue weighted by Gasteiger charge is 2.13. The summed E-state index contributed by atoms with van der Waals surface area (Å²) in [7, 11) is 1.95. The van der Waals surface area contributed by atoms with Gasteiger partial charge in [0.1, 0.15) is 11.6 Å². The first kappa shape index (κ1) is 13.4. The first-order valence-corrected chi connectivity index (χ1v) is 6.21. The van der Waals surface area contributed by atoms with Crippen LogP contribution in [-0.4, -0.2) is 49.7 Å². The van der Waals surface area contributed by atoms with E-state index < -0.39 is 11.6 Å². The van der Waals surface area contributed by atoms with Crippen molar-refractivity contribution in [1.29, 1.82) is 0 Å². The van der Waals surface area contributed by atoms with Gasteiger partial charge in [0.15, 0.2) is 0 Å². The highest BCUT2D eigenvalue weighted by Crippen LogP contribution is 2.11. The van der Waals surface area contributed by atoms with Crippen LogP contribution in [0.2, 0.25) is 0 Å². The molecular weight excluding hydrogens is 236 g/mol. The van der Waals surface area contributed by atoms with Crippen LogP contribution in [0.25, 0.3) is 0 Å². The third kappa shape index (κ3) is 3.73. The van der Waals surface area contributed by atoms with Gasteiger partial charge in [-0.25, -0.2) is 8.78 Å². The van der Waals surface area contributed by atoms with E-state index >= 15 is 0 Å². The lowest BCUT2D eigenvalue weighted by Gasteiger charge is -2.31. The Morgan fingerprint density at radius 1 is 1.28 bits per heavy atom. The monoisotopic (exact) mass is 255 g/mol. The lowest BCUT2D eigenvalue weighted by atomic mass is 10.2. The zero-order chi connectivity index (χ0) is 13.0. The molecule has 0 radical (unpaired) electrons. The number of piperazine rings is 1. The second-order valence-electron chi connectivity index (χ2n) is 4.76. The Bertz CT molecular complexity index is 392. The second kappa shape index (κ2) is 6.22. The third-order valence-electron chi connectivity index (χ3n) is 3.11. The molecule has 18 heavy (non-hydrogen) atoms. The Kier molecular flexibility index (Phi) is 4.63. The largest absolute Gasteiger partial charge is 0.314 e. The van der Waals surface area contributed by atoms with Gasteiger partial charge in [-0.05, 0) is 13.1 Å². The van der Waals surface area contributed by atoms with Crippen LogP contribution in [0.3, 0.4) is 0 Å². The Morgan fingerprint density at radius 3 is 2.67 bits per heavy atom. The Balaban J connectivity index is 1.87. The lowest BCUT2D eigenvalue weighted by molar-refractivity contribution is 0.134. The molecule has 5 heteroatoms. The van der Waals surface area contributed by atoms with Gasteiger partial charge in [-0.3, -0.25) is 9.80 Å². The maximum Gasteiger partial charge on any atom is 0.130 e. The molecule has 1 fully saturated rings. The smallest absolute Gasteiger partial charge is 0.130 e. The first-order valence-electron chi connectivity index (χ1n) is 6.21. The first-order chi connectivity index (χ1) is 8.65. The maximum atomic E-state index is 13.5. The van der Waals surface area contributed by atoms with Crippen molar-refractivity contribution in [2.75, 3.05) is 39.9 Å². The molecule has 0 aromatic heterocycles. The number of nitrogens with one attached hydrogen (secondary N) is 1. The molecule has 1 aliphatic heterocycles. The minimum absolute atomic E-state index is 0.470. The van der Waals surface area contributed by atoms with E-state index in [1.54, 1.807) is 0 Å².